The monoisotopic (exact) mass is 389 g/mol. The number of carbonyl (C=O) groups excluding carboxylic acids is 1. The third-order valence-corrected chi connectivity index (χ3v) is 5.99. The van der Waals surface area contributed by atoms with Crippen molar-refractivity contribution in [3.05, 3.63) is 30.1 Å². The summed E-state index contributed by atoms with van der Waals surface area (Å²) < 4.78 is 14.0. The first-order chi connectivity index (χ1) is 13.5. The van der Waals surface area contributed by atoms with Gasteiger partial charge < -0.3 is 20.0 Å². The molecule has 154 valence electrons. The van der Waals surface area contributed by atoms with Crippen molar-refractivity contribution in [2.24, 2.45) is 10.4 Å². The number of hydrogen-bond acceptors (Lipinski definition) is 3. The first kappa shape index (κ1) is 20.4. The number of rotatable bonds is 4. The average molecular weight is 390 g/mol. The summed E-state index contributed by atoms with van der Waals surface area (Å²) in [6.45, 7) is 3.63. The quantitative estimate of drug-likeness (QED) is 0.633. The summed E-state index contributed by atoms with van der Waals surface area (Å²) in [5.74, 6) is 0.854. The Morgan fingerprint density at radius 3 is 2.39 bits per heavy atom. The van der Waals surface area contributed by atoms with Crippen LogP contribution in [0.2, 0.25) is 0 Å². The maximum Gasteiger partial charge on any atom is 0.230 e. The van der Waals surface area contributed by atoms with Gasteiger partial charge in [0.25, 0.3) is 0 Å². The van der Waals surface area contributed by atoms with Gasteiger partial charge in [0.1, 0.15) is 5.82 Å². The Kier molecular flexibility index (Phi) is 6.42. The fraction of sp³-hybridized carbons (Fsp3) is 0.619. The molecule has 3 rings (SSSR count). The highest BCUT2D eigenvalue weighted by atomic mass is 19.1. The van der Waals surface area contributed by atoms with Crippen LogP contribution in [0.3, 0.4) is 0 Å². The van der Waals surface area contributed by atoms with E-state index in [4.69, 9.17) is 0 Å². The summed E-state index contributed by atoms with van der Waals surface area (Å²) in [6.07, 6.45) is 4.05. The molecule has 1 heterocycles. The largest absolute Gasteiger partial charge is 0.366 e. The van der Waals surface area contributed by atoms with E-state index in [1.165, 1.54) is 6.07 Å². The zero-order valence-corrected chi connectivity index (χ0v) is 17.2. The van der Waals surface area contributed by atoms with Crippen LogP contribution in [0.4, 0.5) is 10.1 Å². The Bertz CT molecular complexity index is 707. The summed E-state index contributed by atoms with van der Waals surface area (Å²) in [5.41, 5.74) is 0.334. The van der Waals surface area contributed by atoms with E-state index in [2.05, 4.69) is 20.1 Å². The molecule has 0 aromatic heterocycles. The summed E-state index contributed by atoms with van der Waals surface area (Å²) in [4.78, 5) is 23.2. The summed E-state index contributed by atoms with van der Waals surface area (Å²) >= 11 is 0. The van der Waals surface area contributed by atoms with Crippen LogP contribution >= 0.6 is 0 Å². The van der Waals surface area contributed by atoms with Gasteiger partial charge in [0.05, 0.1) is 11.1 Å². The number of anilines is 1. The number of nitrogens with zero attached hydrogens (tertiary/aromatic N) is 4. The molecule has 0 spiro atoms. The van der Waals surface area contributed by atoms with Crippen molar-refractivity contribution in [3.8, 4) is 0 Å². The fourth-order valence-corrected chi connectivity index (χ4v) is 4.44. The number of hydrogen-bond donors (Lipinski definition) is 1. The second-order valence-electron chi connectivity index (χ2n) is 8.01. The van der Waals surface area contributed by atoms with Crippen LogP contribution in [0.1, 0.15) is 25.7 Å². The molecule has 1 N–H and O–H groups in total. The number of para-hydroxylation sites is 1. The van der Waals surface area contributed by atoms with Gasteiger partial charge in [0.15, 0.2) is 5.96 Å². The van der Waals surface area contributed by atoms with Crippen molar-refractivity contribution in [2.75, 3.05) is 58.8 Å². The molecule has 2 fully saturated rings. The van der Waals surface area contributed by atoms with Gasteiger partial charge in [-0.1, -0.05) is 25.0 Å². The lowest BCUT2D eigenvalue weighted by molar-refractivity contribution is -0.138. The molecule has 1 saturated heterocycles. The van der Waals surface area contributed by atoms with Crippen LogP contribution in [0.5, 0.6) is 0 Å². The molecule has 1 amide bonds. The maximum absolute atomic E-state index is 14.0. The normalized spacial score (nSPS) is 19.6. The molecule has 1 aromatic rings. The lowest BCUT2D eigenvalue weighted by Gasteiger charge is -2.39. The highest BCUT2D eigenvalue weighted by Crippen LogP contribution is 2.39. The topological polar surface area (TPSA) is 51.2 Å². The van der Waals surface area contributed by atoms with Gasteiger partial charge >= 0.3 is 0 Å². The predicted molar refractivity (Wildman–Crippen MR) is 111 cm³/mol. The smallest absolute Gasteiger partial charge is 0.230 e. The third-order valence-electron chi connectivity index (χ3n) is 5.99. The molecule has 0 radical (unpaired) electrons. The molecule has 0 bridgehead atoms. The minimum absolute atomic E-state index is 0.177. The molecule has 2 aliphatic rings. The van der Waals surface area contributed by atoms with Crippen LogP contribution in [-0.2, 0) is 4.79 Å². The average Bonchev–Trinajstić information content (AvgIpc) is 3.19. The van der Waals surface area contributed by atoms with Gasteiger partial charge in [-0.25, -0.2) is 4.39 Å². The molecule has 0 atom stereocenters. The number of aliphatic imine (C=N–C) groups is 1. The molecular formula is C21H32FN5O. The Morgan fingerprint density at radius 1 is 1.18 bits per heavy atom. The van der Waals surface area contributed by atoms with E-state index >= 15 is 0 Å². The van der Waals surface area contributed by atoms with E-state index in [-0.39, 0.29) is 17.1 Å². The SMILES string of the molecule is CN=C(NCC1(C(=O)N(C)C)CCCC1)N1CCN(c2ccccc2F)CC1. The van der Waals surface area contributed by atoms with Crippen molar-refractivity contribution in [1.82, 2.24) is 15.1 Å². The number of piperazine rings is 1. The number of benzene rings is 1. The number of guanidine groups is 1. The van der Waals surface area contributed by atoms with Gasteiger partial charge in [-0.15, -0.1) is 0 Å². The molecular weight excluding hydrogens is 357 g/mol. The number of carbonyl (C=O) groups is 1. The third kappa shape index (κ3) is 4.23. The molecule has 28 heavy (non-hydrogen) atoms. The van der Waals surface area contributed by atoms with Gasteiger partial charge in [0, 0.05) is 53.9 Å². The zero-order valence-electron chi connectivity index (χ0n) is 17.2. The Morgan fingerprint density at radius 2 is 1.82 bits per heavy atom. The Balaban J connectivity index is 1.59. The molecule has 1 saturated carbocycles. The van der Waals surface area contributed by atoms with Crippen molar-refractivity contribution in [2.45, 2.75) is 25.7 Å². The van der Waals surface area contributed by atoms with Crippen molar-refractivity contribution < 1.29 is 9.18 Å². The number of amides is 1. The van der Waals surface area contributed by atoms with Crippen LogP contribution < -0.4 is 10.2 Å². The van der Waals surface area contributed by atoms with Gasteiger partial charge in [-0.05, 0) is 25.0 Å². The van der Waals surface area contributed by atoms with E-state index in [1.54, 1.807) is 18.0 Å². The van der Waals surface area contributed by atoms with Gasteiger partial charge in [-0.2, -0.15) is 0 Å². The van der Waals surface area contributed by atoms with E-state index in [9.17, 15) is 9.18 Å². The van der Waals surface area contributed by atoms with Crippen LogP contribution in [0.25, 0.3) is 0 Å². The van der Waals surface area contributed by atoms with Crippen LogP contribution in [-0.4, -0.2) is 75.5 Å². The van der Waals surface area contributed by atoms with Gasteiger partial charge in [0.2, 0.25) is 5.91 Å². The first-order valence-electron chi connectivity index (χ1n) is 10.1. The fourth-order valence-electron chi connectivity index (χ4n) is 4.44. The van der Waals surface area contributed by atoms with E-state index in [0.717, 1.165) is 57.8 Å². The Hall–Kier alpha value is -2.31. The minimum atomic E-state index is -0.325. The summed E-state index contributed by atoms with van der Waals surface area (Å²) in [7, 11) is 5.44. The van der Waals surface area contributed by atoms with E-state index in [1.807, 2.05) is 26.2 Å². The predicted octanol–water partition coefficient (Wildman–Crippen LogP) is 2.17. The summed E-state index contributed by atoms with van der Waals surface area (Å²) in [6, 6.07) is 6.92. The molecule has 7 heteroatoms. The van der Waals surface area contributed by atoms with Crippen molar-refractivity contribution in [3.63, 3.8) is 0 Å². The minimum Gasteiger partial charge on any atom is -0.366 e. The molecule has 1 aliphatic heterocycles. The number of halogens is 1. The van der Waals surface area contributed by atoms with Crippen LogP contribution in [0, 0.1) is 11.2 Å². The molecule has 6 nitrogen and oxygen atoms in total. The highest BCUT2D eigenvalue weighted by molar-refractivity contribution is 5.85. The lowest BCUT2D eigenvalue weighted by Crippen LogP contribution is -2.55. The zero-order chi connectivity index (χ0) is 20.1. The van der Waals surface area contributed by atoms with Gasteiger partial charge in [-0.3, -0.25) is 9.79 Å². The highest BCUT2D eigenvalue weighted by Gasteiger charge is 2.42. The molecule has 0 unspecified atom stereocenters. The number of nitrogens with one attached hydrogen (secondary N) is 1. The lowest BCUT2D eigenvalue weighted by atomic mass is 9.84. The second kappa shape index (κ2) is 8.80. The molecule has 1 aromatic carbocycles. The van der Waals surface area contributed by atoms with Crippen molar-refractivity contribution >= 4 is 17.6 Å². The van der Waals surface area contributed by atoms with E-state index in [0.29, 0.717) is 12.2 Å². The maximum atomic E-state index is 14.0. The Labute approximate surface area is 167 Å². The second-order valence-corrected chi connectivity index (χ2v) is 8.01. The van der Waals surface area contributed by atoms with Crippen molar-refractivity contribution in [1.29, 1.82) is 0 Å². The summed E-state index contributed by atoms with van der Waals surface area (Å²) in [5, 5.41) is 3.46. The van der Waals surface area contributed by atoms with Crippen LogP contribution in [0.15, 0.2) is 29.3 Å². The standard InChI is InChI=1S/C21H32FN5O/c1-23-20(24-16-21(10-6-7-11-21)19(28)25(2)3)27-14-12-26(13-15-27)18-9-5-4-8-17(18)22/h4-5,8-9H,6-7,10-16H2,1-3H3,(H,23,24). The first-order valence-corrected chi connectivity index (χ1v) is 10.1. The van der Waals surface area contributed by atoms with E-state index < -0.39 is 0 Å². The molecule has 1 aliphatic carbocycles.